The summed E-state index contributed by atoms with van der Waals surface area (Å²) < 4.78 is 25.7. The average Bonchev–Trinajstić information content (AvgIpc) is 3.41. The molecule has 3 aromatic rings. The lowest BCUT2D eigenvalue weighted by Crippen LogP contribution is -2.44. The van der Waals surface area contributed by atoms with Gasteiger partial charge in [-0.2, -0.15) is 0 Å². The van der Waals surface area contributed by atoms with Crippen LogP contribution in [0.2, 0.25) is 5.02 Å². The fourth-order valence-corrected chi connectivity index (χ4v) is 6.26. The summed E-state index contributed by atoms with van der Waals surface area (Å²) in [6, 6.07) is 13.3. The Balaban J connectivity index is 1.33. The van der Waals surface area contributed by atoms with Crippen LogP contribution in [0.5, 0.6) is 0 Å². The Morgan fingerprint density at radius 1 is 1.14 bits per heavy atom. The van der Waals surface area contributed by atoms with E-state index in [0.29, 0.717) is 47.6 Å². The van der Waals surface area contributed by atoms with E-state index in [1.165, 1.54) is 19.2 Å². The molecular formula is C31H29ClFN5O6. The summed E-state index contributed by atoms with van der Waals surface area (Å²) in [7, 11) is 1.26. The molecule has 4 heterocycles. The maximum atomic E-state index is 15.3. The molecular weight excluding hydrogens is 593 g/mol. The van der Waals surface area contributed by atoms with Crippen LogP contribution in [0.25, 0.3) is 11.3 Å². The highest BCUT2D eigenvalue weighted by Gasteiger charge is 2.51. The Bertz CT molecular complexity index is 1690. The van der Waals surface area contributed by atoms with Crippen LogP contribution in [0.1, 0.15) is 49.3 Å². The lowest BCUT2D eigenvalue weighted by Gasteiger charge is -2.36. The van der Waals surface area contributed by atoms with Crippen molar-refractivity contribution in [2.45, 2.75) is 43.6 Å². The number of methoxy groups -OCH3 is 1. The van der Waals surface area contributed by atoms with Gasteiger partial charge in [0, 0.05) is 30.6 Å². The molecule has 0 saturated carbocycles. The molecule has 1 fully saturated rings. The van der Waals surface area contributed by atoms with Crippen molar-refractivity contribution in [2.75, 3.05) is 36.1 Å². The van der Waals surface area contributed by atoms with E-state index in [2.05, 4.69) is 20.7 Å². The minimum atomic E-state index is -1.38. The number of carbonyl (C=O) groups is 4. The van der Waals surface area contributed by atoms with Gasteiger partial charge in [0.1, 0.15) is 0 Å². The second kappa shape index (κ2) is 11.8. The number of pyridine rings is 1. The highest BCUT2D eigenvalue weighted by Crippen LogP contribution is 2.46. The Labute approximate surface area is 257 Å². The van der Waals surface area contributed by atoms with Crippen molar-refractivity contribution in [2.24, 2.45) is 0 Å². The molecule has 44 heavy (non-hydrogen) atoms. The van der Waals surface area contributed by atoms with Gasteiger partial charge in [-0.15, -0.1) is 0 Å². The fourth-order valence-electron chi connectivity index (χ4n) is 6.10. The third kappa shape index (κ3) is 5.52. The van der Waals surface area contributed by atoms with Gasteiger partial charge in [0.25, 0.3) is 0 Å². The first-order valence-corrected chi connectivity index (χ1v) is 14.6. The minimum absolute atomic E-state index is 0.0408. The number of likely N-dealkylation sites (tertiary alicyclic amines) is 1. The van der Waals surface area contributed by atoms with Crippen LogP contribution in [-0.4, -0.2) is 54.1 Å². The monoisotopic (exact) mass is 621 g/mol. The van der Waals surface area contributed by atoms with E-state index >= 15 is 4.39 Å². The van der Waals surface area contributed by atoms with Crippen molar-refractivity contribution in [3.8, 4) is 11.3 Å². The van der Waals surface area contributed by atoms with E-state index in [4.69, 9.17) is 21.3 Å². The van der Waals surface area contributed by atoms with Crippen LogP contribution >= 0.6 is 11.6 Å². The van der Waals surface area contributed by atoms with Crippen molar-refractivity contribution in [3.05, 3.63) is 70.6 Å². The molecule has 1 spiro atoms. The molecule has 11 nitrogen and oxygen atoms in total. The lowest BCUT2D eigenvalue weighted by atomic mass is 9.89. The number of hydrogen-bond donors (Lipinski definition) is 3. The number of fused-ring (bicyclic) bond motifs is 6. The second-order valence-electron chi connectivity index (χ2n) is 11.0. The normalized spacial score (nSPS) is 21.1. The third-order valence-corrected chi connectivity index (χ3v) is 8.48. The molecule has 3 aliphatic heterocycles. The molecule has 13 heteroatoms. The number of ether oxygens (including phenoxy) is 2. The standard InChI is InChI=1S/C31H29ClFN5O6/c1-43-29(41)34-17-9-10-18-21-6-4-7-22(35-21)19(5-2-3-8-25(39)36-24(18)15-17)28(40)38-14-13-31(16-38)26-23(37-30(42)44-31)12-11-20(32)27(26)33/h4,6-7,9-12,15,19H,2-3,5,8,13-14,16H2,1H3,(H,34,41)(H,36,39)(H,37,42)/t19-,31-/m0/s1. The molecule has 1 saturated heterocycles. The van der Waals surface area contributed by atoms with E-state index in [1.807, 2.05) is 0 Å². The van der Waals surface area contributed by atoms with E-state index < -0.39 is 29.5 Å². The molecule has 4 amide bonds. The molecule has 0 radical (unpaired) electrons. The molecule has 2 atom stereocenters. The number of anilines is 3. The molecule has 3 aliphatic rings. The number of nitrogens with one attached hydrogen (secondary N) is 3. The molecule has 2 bridgehead atoms. The maximum Gasteiger partial charge on any atom is 0.412 e. The first-order chi connectivity index (χ1) is 21.2. The van der Waals surface area contributed by atoms with Gasteiger partial charge in [-0.3, -0.25) is 25.2 Å². The molecule has 3 N–H and O–H groups in total. The van der Waals surface area contributed by atoms with E-state index in [1.54, 1.807) is 41.3 Å². The summed E-state index contributed by atoms with van der Waals surface area (Å²) in [5.41, 5.74) is 1.56. The quantitative estimate of drug-likeness (QED) is 0.319. The number of hydrogen-bond acceptors (Lipinski definition) is 7. The van der Waals surface area contributed by atoms with Crippen LogP contribution in [0.15, 0.2) is 48.5 Å². The SMILES string of the molecule is COC(=O)Nc1ccc2c(c1)NC(=O)CCCC[C@H](C(=O)N1CC[C@@]3(C1)OC(=O)Nc1ccc(Cl)c(F)c13)c1cccc-2n1. The zero-order valence-electron chi connectivity index (χ0n) is 23.7. The summed E-state index contributed by atoms with van der Waals surface area (Å²) >= 11 is 6.09. The number of amides is 4. The molecule has 1 aromatic heterocycles. The number of benzene rings is 2. The number of aromatic nitrogens is 1. The van der Waals surface area contributed by atoms with Gasteiger partial charge in [-0.1, -0.05) is 24.1 Å². The zero-order chi connectivity index (χ0) is 31.0. The summed E-state index contributed by atoms with van der Waals surface area (Å²) in [4.78, 5) is 57.6. The number of carbonyl (C=O) groups excluding carboxylic acids is 4. The first-order valence-electron chi connectivity index (χ1n) is 14.2. The molecule has 2 aromatic carbocycles. The van der Waals surface area contributed by atoms with Crippen LogP contribution in [-0.2, 0) is 24.7 Å². The van der Waals surface area contributed by atoms with Crippen molar-refractivity contribution in [3.63, 3.8) is 0 Å². The van der Waals surface area contributed by atoms with Crippen LogP contribution in [0.4, 0.5) is 31.0 Å². The number of nitrogens with zero attached hydrogens (tertiary/aromatic N) is 2. The summed E-state index contributed by atoms with van der Waals surface area (Å²) in [6.07, 6.45) is 0.569. The van der Waals surface area contributed by atoms with Gasteiger partial charge in [-0.25, -0.2) is 14.0 Å². The Kier molecular flexibility index (Phi) is 7.85. The Hall–Kier alpha value is -4.71. The van der Waals surface area contributed by atoms with Crippen LogP contribution in [0, 0.1) is 5.82 Å². The van der Waals surface area contributed by atoms with Gasteiger partial charge in [0.05, 0.1) is 52.9 Å². The number of halogens is 2. The molecule has 6 rings (SSSR count). The summed E-state index contributed by atoms with van der Waals surface area (Å²) in [5, 5.41) is 7.93. The maximum absolute atomic E-state index is 15.3. The molecule has 0 unspecified atom stereocenters. The lowest BCUT2D eigenvalue weighted by molar-refractivity contribution is -0.133. The first kappa shape index (κ1) is 29.4. The zero-order valence-corrected chi connectivity index (χ0v) is 24.5. The highest BCUT2D eigenvalue weighted by molar-refractivity contribution is 6.31. The van der Waals surface area contributed by atoms with Crippen LogP contribution < -0.4 is 16.0 Å². The van der Waals surface area contributed by atoms with Crippen molar-refractivity contribution in [1.29, 1.82) is 0 Å². The van der Waals surface area contributed by atoms with Gasteiger partial charge >= 0.3 is 12.2 Å². The predicted octanol–water partition coefficient (Wildman–Crippen LogP) is 6.01. The Morgan fingerprint density at radius 3 is 2.80 bits per heavy atom. The van der Waals surface area contributed by atoms with Crippen molar-refractivity contribution >= 4 is 52.7 Å². The minimum Gasteiger partial charge on any atom is -0.453 e. The topological polar surface area (TPSA) is 139 Å². The largest absolute Gasteiger partial charge is 0.453 e. The molecule has 0 aliphatic carbocycles. The van der Waals surface area contributed by atoms with Gasteiger partial charge in [-0.05, 0) is 55.3 Å². The highest BCUT2D eigenvalue weighted by atomic mass is 35.5. The Morgan fingerprint density at radius 2 is 1.98 bits per heavy atom. The number of rotatable bonds is 2. The predicted molar refractivity (Wildman–Crippen MR) is 160 cm³/mol. The molecule has 228 valence electrons. The van der Waals surface area contributed by atoms with E-state index in [0.717, 1.165) is 0 Å². The van der Waals surface area contributed by atoms with Gasteiger partial charge in [0.15, 0.2) is 11.4 Å². The van der Waals surface area contributed by atoms with Crippen molar-refractivity contribution in [1.82, 2.24) is 9.88 Å². The smallest absolute Gasteiger partial charge is 0.412 e. The summed E-state index contributed by atoms with van der Waals surface area (Å²) in [5.74, 6) is -1.79. The van der Waals surface area contributed by atoms with Crippen molar-refractivity contribution < 1.29 is 33.0 Å². The van der Waals surface area contributed by atoms with E-state index in [-0.39, 0.29) is 54.0 Å². The van der Waals surface area contributed by atoms with E-state index in [9.17, 15) is 19.2 Å². The second-order valence-corrected chi connectivity index (χ2v) is 11.4. The van der Waals surface area contributed by atoms with Gasteiger partial charge in [0.2, 0.25) is 11.8 Å². The van der Waals surface area contributed by atoms with Gasteiger partial charge < -0.3 is 19.7 Å². The van der Waals surface area contributed by atoms with Crippen LogP contribution in [0.3, 0.4) is 0 Å². The average molecular weight is 622 g/mol. The summed E-state index contributed by atoms with van der Waals surface area (Å²) in [6.45, 7) is 0.190. The third-order valence-electron chi connectivity index (χ3n) is 8.19. The fraction of sp³-hybridized carbons (Fsp3) is 0.323.